The average molecular weight is 443 g/mol. The van der Waals surface area contributed by atoms with Gasteiger partial charge < -0.3 is 14.2 Å². The SMILES string of the molecule is COc1cc(/C=N\NC(=O)CN2CCOCC2)cc(Cl)c1OCc1ccccc1C#N. The highest BCUT2D eigenvalue weighted by molar-refractivity contribution is 6.32. The summed E-state index contributed by atoms with van der Waals surface area (Å²) in [7, 11) is 1.51. The highest BCUT2D eigenvalue weighted by Crippen LogP contribution is 2.36. The number of carbonyl (C=O) groups is 1. The molecule has 1 saturated heterocycles. The van der Waals surface area contributed by atoms with E-state index < -0.39 is 0 Å². The molecule has 162 valence electrons. The summed E-state index contributed by atoms with van der Waals surface area (Å²) < 4.78 is 16.5. The maximum Gasteiger partial charge on any atom is 0.254 e. The van der Waals surface area contributed by atoms with Gasteiger partial charge in [-0.05, 0) is 23.8 Å². The van der Waals surface area contributed by atoms with Crippen molar-refractivity contribution in [2.45, 2.75) is 6.61 Å². The summed E-state index contributed by atoms with van der Waals surface area (Å²) in [6, 6.07) is 12.7. The highest BCUT2D eigenvalue weighted by Gasteiger charge is 2.14. The van der Waals surface area contributed by atoms with E-state index in [9.17, 15) is 10.1 Å². The lowest BCUT2D eigenvalue weighted by Gasteiger charge is -2.25. The van der Waals surface area contributed by atoms with Crippen LogP contribution in [0.4, 0.5) is 0 Å². The number of ether oxygens (including phenoxy) is 3. The van der Waals surface area contributed by atoms with E-state index in [0.29, 0.717) is 40.9 Å². The van der Waals surface area contributed by atoms with E-state index in [0.717, 1.165) is 18.7 Å². The summed E-state index contributed by atoms with van der Waals surface area (Å²) in [4.78, 5) is 14.0. The number of nitrogens with zero attached hydrogens (tertiary/aromatic N) is 3. The zero-order chi connectivity index (χ0) is 22.1. The summed E-state index contributed by atoms with van der Waals surface area (Å²) in [6.07, 6.45) is 1.49. The molecule has 0 radical (unpaired) electrons. The molecule has 1 aliphatic heterocycles. The van der Waals surface area contributed by atoms with Crippen molar-refractivity contribution in [2.75, 3.05) is 40.0 Å². The molecule has 0 atom stereocenters. The van der Waals surface area contributed by atoms with Gasteiger partial charge >= 0.3 is 0 Å². The topological polar surface area (TPSA) is 96.2 Å². The van der Waals surface area contributed by atoms with Crippen molar-refractivity contribution >= 4 is 23.7 Å². The minimum Gasteiger partial charge on any atom is -0.493 e. The van der Waals surface area contributed by atoms with Gasteiger partial charge in [-0.3, -0.25) is 9.69 Å². The second kappa shape index (κ2) is 11.3. The number of carbonyl (C=O) groups excluding carboxylic acids is 1. The van der Waals surface area contributed by atoms with E-state index in [1.807, 2.05) is 17.0 Å². The molecule has 0 saturated carbocycles. The highest BCUT2D eigenvalue weighted by atomic mass is 35.5. The van der Waals surface area contributed by atoms with E-state index >= 15 is 0 Å². The molecule has 0 spiro atoms. The molecule has 31 heavy (non-hydrogen) atoms. The lowest BCUT2D eigenvalue weighted by molar-refractivity contribution is -0.123. The van der Waals surface area contributed by atoms with Crippen molar-refractivity contribution in [3.05, 3.63) is 58.1 Å². The van der Waals surface area contributed by atoms with Crippen molar-refractivity contribution in [1.82, 2.24) is 10.3 Å². The molecule has 0 unspecified atom stereocenters. The smallest absolute Gasteiger partial charge is 0.254 e. The van der Waals surface area contributed by atoms with Crippen LogP contribution in [0.2, 0.25) is 5.02 Å². The van der Waals surface area contributed by atoms with Crippen LogP contribution in [0.1, 0.15) is 16.7 Å². The first-order chi connectivity index (χ1) is 15.1. The molecule has 1 amide bonds. The van der Waals surface area contributed by atoms with Gasteiger partial charge in [-0.25, -0.2) is 5.43 Å². The molecule has 1 aliphatic rings. The fourth-order valence-electron chi connectivity index (χ4n) is 3.04. The number of rotatable bonds is 8. The van der Waals surface area contributed by atoms with E-state index in [1.165, 1.54) is 13.3 Å². The number of benzene rings is 2. The Balaban J connectivity index is 1.62. The predicted octanol–water partition coefficient (Wildman–Crippen LogP) is 2.58. The van der Waals surface area contributed by atoms with Gasteiger partial charge in [0.15, 0.2) is 11.5 Å². The molecule has 3 rings (SSSR count). The molecule has 1 fully saturated rings. The molecule has 9 heteroatoms. The molecular weight excluding hydrogens is 420 g/mol. The van der Waals surface area contributed by atoms with Crippen LogP contribution in [0.25, 0.3) is 0 Å². The average Bonchev–Trinajstić information content (AvgIpc) is 2.79. The minimum absolute atomic E-state index is 0.171. The van der Waals surface area contributed by atoms with Gasteiger partial charge in [0.1, 0.15) is 6.61 Å². The van der Waals surface area contributed by atoms with Gasteiger partial charge in [-0.2, -0.15) is 10.4 Å². The molecule has 2 aromatic rings. The first-order valence-corrected chi connectivity index (χ1v) is 10.1. The van der Waals surface area contributed by atoms with Crippen LogP contribution in [0.3, 0.4) is 0 Å². The summed E-state index contributed by atoms with van der Waals surface area (Å²) in [5.41, 5.74) is 4.43. The Morgan fingerprint density at radius 2 is 2.13 bits per heavy atom. The number of nitrogens with one attached hydrogen (secondary N) is 1. The molecular formula is C22H23ClN4O4. The van der Waals surface area contributed by atoms with Crippen molar-refractivity contribution in [3.63, 3.8) is 0 Å². The van der Waals surface area contributed by atoms with Crippen LogP contribution in [0.5, 0.6) is 11.5 Å². The normalized spacial score (nSPS) is 14.2. The standard InChI is InChI=1S/C22H23ClN4O4/c1-29-20-11-16(13-25-26-21(28)14-27-6-8-30-9-7-27)10-19(23)22(20)31-15-18-5-3-2-4-17(18)12-24/h2-5,10-11,13H,6-9,14-15H2,1H3,(H,26,28)/b25-13-. The predicted molar refractivity (Wildman–Crippen MR) is 116 cm³/mol. The number of methoxy groups -OCH3 is 1. The van der Waals surface area contributed by atoms with E-state index in [2.05, 4.69) is 16.6 Å². The molecule has 0 bridgehead atoms. The largest absolute Gasteiger partial charge is 0.493 e. The number of hydrogen-bond donors (Lipinski definition) is 1. The Bertz CT molecular complexity index is 984. The second-order valence-electron chi connectivity index (χ2n) is 6.77. The van der Waals surface area contributed by atoms with Crippen LogP contribution in [-0.4, -0.2) is 57.0 Å². The van der Waals surface area contributed by atoms with Crippen LogP contribution < -0.4 is 14.9 Å². The van der Waals surface area contributed by atoms with Gasteiger partial charge in [-0.1, -0.05) is 29.8 Å². The molecule has 1 N–H and O–H groups in total. The molecule has 0 aliphatic carbocycles. The number of amides is 1. The van der Waals surface area contributed by atoms with Crippen molar-refractivity contribution in [3.8, 4) is 17.6 Å². The number of hydrogen-bond acceptors (Lipinski definition) is 7. The van der Waals surface area contributed by atoms with Crippen LogP contribution in [-0.2, 0) is 16.1 Å². The fourth-order valence-corrected chi connectivity index (χ4v) is 3.31. The zero-order valence-corrected chi connectivity index (χ0v) is 17.9. The van der Waals surface area contributed by atoms with Gasteiger partial charge in [0, 0.05) is 18.7 Å². The summed E-state index contributed by atoms with van der Waals surface area (Å²) in [6.45, 7) is 3.15. The van der Waals surface area contributed by atoms with Crippen molar-refractivity contribution < 1.29 is 19.0 Å². The maximum atomic E-state index is 12.0. The first-order valence-electron chi connectivity index (χ1n) is 9.71. The summed E-state index contributed by atoms with van der Waals surface area (Å²) in [5.74, 6) is 0.584. The van der Waals surface area contributed by atoms with E-state index in [1.54, 1.807) is 24.3 Å². The van der Waals surface area contributed by atoms with Crippen molar-refractivity contribution in [2.24, 2.45) is 5.10 Å². The minimum atomic E-state index is -0.202. The van der Waals surface area contributed by atoms with E-state index in [-0.39, 0.29) is 19.1 Å². The summed E-state index contributed by atoms with van der Waals surface area (Å²) >= 11 is 6.39. The van der Waals surface area contributed by atoms with Gasteiger partial charge in [0.25, 0.3) is 5.91 Å². The number of morpholine rings is 1. The Kier molecular flexibility index (Phi) is 8.24. The number of nitriles is 1. The maximum absolute atomic E-state index is 12.0. The Labute approximate surface area is 186 Å². The van der Waals surface area contributed by atoms with Gasteiger partial charge in [0.2, 0.25) is 0 Å². The van der Waals surface area contributed by atoms with E-state index in [4.69, 9.17) is 25.8 Å². The third kappa shape index (κ3) is 6.43. The lowest BCUT2D eigenvalue weighted by atomic mass is 10.1. The number of hydrazone groups is 1. The first kappa shape index (κ1) is 22.6. The van der Waals surface area contributed by atoms with Crippen LogP contribution in [0, 0.1) is 11.3 Å². The Hall–Kier alpha value is -3.12. The lowest BCUT2D eigenvalue weighted by Crippen LogP contribution is -2.42. The van der Waals surface area contributed by atoms with Crippen LogP contribution >= 0.6 is 11.6 Å². The monoisotopic (exact) mass is 442 g/mol. The zero-order valence-electron chi connectivity index (χ0n) is 17.1. The third-order valence-corrected chi connectivity index (χ3v) is 4.92. The van der Waals surface area contributed by atoms with Gasteiger partial charge in [-0.15, -0.1) is 0 Å². The summed E-state index contributed by atoms with van der Waals surface area (Å²) in [5, 5.41) is 13.5. The molecule has 1 heterocycles. The Morgan fingerprint density at radius 3 is 2.87 bits per heavy atom. The van der Waals surface area contributed by atoms with Crippen molar-refractivity contribution in [1.29, 1.82) is 5.26 Å². The van der Waals surface area contributed by atoms with Gasteiger partial charge in [0.05, 0.1) is 49.7 Å². The third-order valence-electron chi connectivity index (χ3n) is 4.64. The Morgan fingerprint density at radius 1 is 1.35 bits per heavy atom. The quantitative estimate of drug-likeness (QED) is 0.498. The fraction of sp³-hybridized carbons (Fsp3) is 0.318. The molecule has 0 aromatic heterocycles. The molecule has 8 nitrogen and oxygen atoms in total. The second-order valence-corrected chi connectivity index (χ2v) is 7.18. The number of halogens is 1. The molecule has 2 aromatic carbocycles. The van der Waals surface area contributed by atoms with Crippen LogP contribution in [0.15, 0.2) is 41.5 Å².